The van der Waals surface area contributed by atoms with E-state index in [1.54, 1.807) is 11.3 Å². The summed E-state index contributed by atoms with van der Waals surface area (Å²) in [4.78, 5) is 6.89. The molecule has 3 rings (SSSR count). The molecule has 0 unspecified atom stereocenters. The fourth-order valence-electron chi connectivity index (χ4n) is 2.48. The number of anilines is 1. The van der Waals surface area contributed by atoms with Gasteiger partial charge in [-0.25, -0.2) is 4.98 Å². The van der Waals surface area contributed by atoms with Crippen LogP contribution in [0.5, 0.6) is 0 Å². The number of aromatic nitrogens is 1. The van der Waals surface area contributed by atoms with Crippen LogP contribution in [0, 0.1) is 0 Å². The zero-order chi connectivity index (χ0) is 15.5. The maximum atomic E-state index is 6.10. The zero-order valence-corrected chi connectivity index (χ0v) is 14.5. The number of rotatable bonds is 4. The highest BCUT2D eigenvalue weighted by atomic mass is 35.5. The highest BCUT2D eigenvalue weighted by Gasteiger charge is 2.23. The SMILES string of the molecule is CNc1nc(CN2CCO[C@@H](c3ccc(Cl)c(Cl)c3)C2)cs1. The molecule has 1 aromatic heterocycles. The van der Waals surface area contributed by atoms with Crippen molar-refractivity contribution in [1.82, 2.24) is 9.88 Å². The van der Waals surface area contributed by atoms with Crippen LogP contribution in [0.25, 0.3) is 0 Å². The predicted octanol–water partition coefficient (Wildman–Crippen LogP) is 4.07. The molecule has 0 spiro atoms. The summed E-state index contributed by atoms with van der Waals surface area (Å²) in [6.45, 7) is 3.27. The van der Waals surface area contributed by atoms with Crippen molar-refractivity contribution < 1.29 is 4.74 Å². The molecule has 0 saturated carbocycles. The summed E-state index contributed by atoms with van der Waals surface area (Å²) < 4.78 is 5.88. The Morgan fingerprint density at radius 2 is 2.27 bits per heavy atom. The summed E-state index contributed by atoms with van der Waals surface area (Å²) in [5, 5.41) is 7.25. The minimum Gasteiger partial charge on any atom is -0.371 e. The Kier molecular flexibility index (Phi) is 5.21. The maximum absolute atomic E-state index is 6.10. The van der Waals surface area contributed by atoms with Crippen LogP contribution in [0.1, 0.15) is 17.4 Å². The fraction of sp³-hybridized carbons (Fsp3) is 0.400. The van der Waals surface area contributed by atoms with Crippen molar-refractivity contribution in [2.24, 2.45) is 0 Å². The average Bonchev–Trinajstić information content (AvgIpc) is 2.98. The molecule has 1 saturated heterocycles. The van der Waals surface area contributed by atoms with Gasteiger partial charge >= 0.3 is 0 Å². The van der Waals surface area contributed by atoms with Gasteiger partial charge in [0.2, 0.25) is 0 Å². The van der Waals surface area contributed by atoms with Crippen molar-refractivity contribution in [2.75, 3.05) is 32.1 Å². The van der Waals surface area contributed by atoms with E-state index in [0.717, 1.165) is 36.0 Å². The number of benzene rings is 1. The summed E-state index contributed by atoms with van der Waals surface area (Å²) in [7, 11) is 1.89. The van der Waals surface area contributed by atoms with Gasteiger partial charge in [0.15, 0.2) is 5.13 Å². The Balaban J connectivity index is 1.67. The Morgan fingerprint density at radius 1 is 1.41 bits per heavy atom. The summed E-state index contributed by atoms with van der Waals surface area (Å²) in [6.07, 6.45) is 0.0194. The second-order valence-electron chi connectivity index (χ2n) is 5.16. The quantitative estimate of drug-likeness (QED) is 0.894. The highest BCUT2D eigenvalue weighted by molar-refractivity contribution is 7.13. The topological polar surface area (TPSA) is 37.4 Å². The number of ether oxygens (including phenoxy) is 1. The van der Waals surface area contributed by atoms with Crippen molar-refractivity contribution in [1.29, 1.82) is 0 Å². The molecule has 1 aromatic carbocycles. The van der Waals surface area contributed by atoms with Crippen molar-refractivity contribution in [3.05, 3.63) is 44.9 Å². The molecule has 1 aliphatic heterocycles. The second-order valence-corrected chi connectivity index (χ2v) is 6.83. The molecular formula is C15H17Cl2N3OS. The molecular weight excluding hydrogens is 341 g/mol. The average molecular weight is 358 g/mol. The zero-order valence-electron chi connectivity index (χ0n) is 12.2. The van der Waals surface area contributed by atoms with Crippen LogP contribution in [-0.4, -0.2) is 36.6 Å². The van der Waals surface area contributed by atoms with Crippen molar-refractivity contribution >= 4 is 39.7 Å². The molecule has 1 N–H and O–H groups in total. The lowest BCUT2D eigenvalue weighted by Crippen LogP contribution is -2.37. The number of hydrogen-bond acceptors (Lipinski definition) is 5. The van der Waals surface area contributed by atoms with Gasteiger partial charge in [0, 0.05) is 32.1 Å². The summed E-state index contributed by atoms with van der Waals surface area (Å²) in [6, 6.07) is 5.69. The van der Waals surface area contributed by atoms with Gasteiger partial charge < -0.3 is 10.1 Å². The maximum Gasteiger partial charge on any atom is 0.182 e. The molecule has 0 radical (unpaired) electrons. The molecule has 1 fully saturated rings. The third-order valence-electron chi connectivity index (χ3n) is 3.62. The summed E-state index contributed by atoms with van der Waals surface area (Å²) in [5.41, 5.74) is 2.15. The lowest BCUT2D eigenvalue weighted by atomic mass is 10.1. The molecule has 2 aromatic rings. The monoisotopic (exact) mass is 357 g/mol. The van der Waals surface area contributed by atoms with Gasteiger partial charge in [-0.2, -0.15) is 0 Å². The predicted molar refractivity (Wildman–Crippen MR) is 92.1 cm³/mol. The Labute approximate surface area is 144 Å². The van der Waals surface area contributed by atoms with Crippen LogP contribution in [-0.2, 0) is 11.3 Å². The van der Waals surface area contributed by atoms with E-state index in [9.17, 15) is 0 Å². The lowest BCUT2D eigenvalue weighted by Gasteiger charge is -2.32. The van der Waals surface area contributed by atoms with E-state index in [1.807, 2.05) is 25.2 Å². The van der Waals surface area contributed by atoms with Gasteiger partial charge in [0.05, 0.1) is 28.5 Å². The van der Waals surface area contributed by atoms with E-state index >= 15 is 0 Å². The minimum absolute atomic E-state index is 0.0194. The number of halogens is 2. The van der Waals surface area contributed by atoms with Gasteiger partial charge in [0.1, 0.15) is 0 Å². The van der Waals surface area contributed by atoms with Crippen LogP contribution in [0.3, 0.4) is 0 Å². The fourth-order valence-corrected chi connectivity index (χ4v) is 3.45. The number of hydrogen-bond donors (Lipinski definition) is 1. The lowest BCUT2D eigenvalue weighted by molar-refractivity contribution is -0.0332. The number of thiazole rings is 1. The second kappa shape index (κ2) is 7.15. The molecule has 0 aliphatic carbocycles. The van der Waals surface area contributed by atoms with Crippen LogP contribution in [0.15, 0.2) is 23.6 Å². The van der Waals surface area contributed by atoms with Gasteiger partial charge in [-0.15, -0.1) is 11.3 Å². The van der Waals surface area contributed by atoms with E-state index < -0.39 is 0 Å². The summed E-state index contributed by atoms with van der Waals surface area (Å²) >= 11 is 13.7. The van der Waals surface area contributed by atoms with E-state index in [2.05, 4.69) is 20.6 Å². The van der Waals surface area contributed by atoms with Gasteiger partial charge in [-0.3, -0.25) is 4.90 Å². The first-order chi connectivity index (χ1) is 10.7. The van der Waals surface area contributed by atoms with Gasteiger partial charge in [-0.05, 0) is 17.7 Å². The number of morpholine rings is 1. The molecule has 118 valence electrons. The molecule has 0 amide bonds. The Morgan fingerprint density at radius 3 is 3.00 bits per heavy atom. The van der Waals surface area contributed by atoms with Crippen molar-refractivity contribution in [3.63, 3.8) is 0 Å². The van der Waals surface area contributed by atoms with E-state index in [1.165, 1.54) is 0 Å². The first kappa shape index (κ1) is 16.0. The summed E-state index contributed by atoms with van der Waals surface area (Å²) in [5.74, 6) is 0. The van der Waals surface area contributed by atoms with E-state index in [0.29, 0.717) is 16.7 Å². The van der Waals surface area contributed by atoms with Crippen molar-refractivity contribution in [2.45, 2.75) is 12.6 Å². The largest absolute Gasteiger partial charge is 0.371 e. The number of nitrogens with one attached hydrogen (secondary N) is 1. The minimum atomic E-state index is 0.0194. The third kappa shape index (κ3) is 3.73. The van der Waals surface area contributed by atoms with Crippen LogP contribution < -0.4 is 5.32 Å². The molecule has 1 atom stereocenters. The van der Waals surface area contributed by atoms with E-state index in [-0.39, 0.29) is 6.10 Å². The van der Waals surface area contributed by atoms with Crippen molar-refractivity contribution in [3.8, 4) is 0 Å². The first-order valence-electron chi connectivity index (χ1n) is 7.07. The molecule has 7 heteroatoms. The molecule has 22 heavy (non-hydrogen) atoms. The molecule has 4 nitrogen and oxygen atoms in total. The van der Waals surface area contributed by atoms with Gasteiger partial charge in [0.25, 0.3) is 0 Å². The normalized spacial score (nSPS) is 19.3. The third-order valence-corrected chi connectivity index (χ3v) is 5.26. The van der Waals surface area contributed by atoms with Gasteiger partial charge in [-0.1, -0.05) is 29.3 Å². The van der Waals surface area contributed by atoms with Crippen LogP contribution in [0.4, 0.5) is 5.13 Å². The first-order valence-corrected chi connectivity index (χ1v) is 8.70. The standard InChI is InChI=1S/C15H17Cl2N3OS/c1-18-15-19-11(9-22-15)7-20-4-5-21-14(8-20)10-2-3-12(16)13(17)6-10/h2-3,6,9,14H,4-5,7-8H2,1H3,(H,18,19)/t14-/m1/s1. The molecule has 1 aliphatic rings. The van der Waals surface area contributed by atoms with E-state index in [4.69, 9.17) is 27.9 Å². The highest BCUT2D eigenvalue weighted by Crippen LogP contribution is 2.29. The van der Waals surface area contributed by atoms with Crippen LogP contribution in [0.2, 0.25) is 10.0 Å². The number of nitrogens with zero attached hydrogens (tertiary/aromatic N) is 2. The smallest absolute Gasteiger partial charge is 0.182 e. The molecule has 0 bridgehead atoms. The van der Waals surface area contributed by atoms with Crippen LogP contribution >= 0.6 is 34.5 Å². The Hall–Kier alpha value is -0.850. The Bertz CT molecular complexity index is 649. The molecule has 2 heterocycles.